The Kier molecular flexibility index (Phi) is 7.72. The fourth-order valence-electron chi connectivity index (χ4n) is 4.44. The van der Waals surface area contributed by atoms with Crippen molar-refractivity contribution < 1.29 is 9.59 Å². The first-order valence-corrected chi connectivity index (χ1v) is 11.8. The van der Waals surface area contributed by atoms with Gasteiger partial charge in [-0.25, -0.2) is 0 Å². The van der Waals surface area contributed by atoms with Crippen molar-refractivity contribution in [3.63, 3.8) is 0 Å². The zero-order chi connectivity index (χ0) is 23.8. The van der Waals surface area contributed by atoms with E-state index in [9.17, 15) is 14.9 Å². The molecule has 1 aliphatic heterocycles. The molecule has 0 unspecified atom stereocenters. The largest absolute Gasteiger partial charge is 0.343 e. The second-order valence-electron chi connectivity index (χ2n) is 8.72. The lowest BCUT2D eigenvalue weighted by atomic mass is 9.92. The molecule has 4 rings (SSSR count). The van der Waals surface area contributed by atoms with Crippen molar-refractivity contribution in [3.8, 4) is 6.07 Å². The van der Waals surface area contributed by atoms with Gasteiger partial charge < -0.3 is 10.2 Å². The number of carbonyl (C=O) groups excluding carboxylic acids is 2. The maximum absolute atomic E-state index is 12.8. The molecule has 2 amide bonds. The van der Waals surface area contributed by atoms with E-state index in [4.69, 9.17) is 0 Å². The molecule has 34 heavy (non-hydrogen) atoms. The summed E-state index contributed by atoms with van der Waals surface area (Å²) in [7, 11) is 0. The van der Waals surface area contributed by atoms with Gasteiger partial charge in [0.25, 0.3) is 0 Å². The summed E-state index contributed by atoms with van der Waals surface area (Å²) in [6, 6.07) is 29.6. The van der Waals surface area contributed by atoms with Crippen LogP contribution in [0.3, 0.4) is 0 Å². The Hall–Kier alpha value is -3.91. The molecule has 5 heteroatoms. The summed E-state index contributed by atoms with van der Waals surface area (Å²) in [5.41, 5.74) is 3.74. The molecular weight excluding hydrogens is 422 g/mol. The van der Waals surface area contributed by atoms with Crippen LogP contribution in [0.15, 0.2) is 84.9 Å². The van der Waals surface area contributed by atoms with E-state index in [0.29, 0.717) is 32.4 Å². The Bertz CT molecular complexity index is 1130. The Balaban J connectivity index is 1.26. The first-order valence-electron chi connectivity index (χ1n) is 11.8. The quantitative estimate of drug-likeness (QED) is 0.540. The standard InChI is InChI=1S/C29H29N3O2/c30-21-27(23-9-5-2-6-10-23)24-12-14-26(15-13-24)31-29(34)25-17-19-32(20-18-25)28(33)16-11-22-7-3-1-4-8-22/h1-10,12-15,25,27H,11,16-20H2,(H,31,34)/t27-/m0/s1. The monoisotopic (exact) mass is 451 g/mol. The molecule has 1 saturated heterocycles. The smallest absolute Gasteiger partial charge is 0.227 e. The van der Waals surface area contributed by atoms with Crippen molar-refractivity contribution in [1.29, 1.82) is 5.26 Å². The van der Waals surface area contributed by atoms with Gasteiger partial charge in [0.05, 0.1) is 12.0 Å². The first kappa shape index (κ1) is 23.3. The highest BCUT2D eigenvalue weighted by atomic mass is 16.2. The molecule has 1 aliphatic rings. The van der Waals surface area contributed by atoms with E-state index in [0.717, 1.165) is 23.2 Å². The minimum atomic E-state index is -0.338. The summed E-state index contributed by atoms with van der Waals surface area (Å²) in [6.45, 7) is 1.23. The average Bonchev–Trinajstić information content (AvgIpc) is 2.90. The number of carbonyl (C=O) groups is 2. The summed E-state index contributed by atoms with van der Waals surface area (Å²) in [4.78, 5) is 27.2. The van der Waals surface area contributed by atoms with E-state index < -0.39 is 0 Å². The number of nitriles is 1. The van der Waals surface area contributed by atoms with Crippen LogP contribution in [0.25, 0.3) is 0 Å². The van der Waals surface area contributed by atoms with E-state index in [1.165, 1.54) is 5.56 Å². The molecule has 0 spiro atoms. The summed E-state index contributed by atoms with van der Waals surface area (Å²) in [5, 5.41) is 12.6. The number of benzene rings is 3. The number of nitrogens with zero attached hydrogens (tertiary/aromatic N) is 2. The van der Waals surface area contributed by atoms with Crippen molar-refractivity contribution in [2.45, 2.75) is 31.6 Å². The SMILES string of the molecule is N#C[C@@H](c1ccccc1)c1ccc(NC(=O)C2CCN(C(=O)CCc3ccccc3)CC2)cc1. The van der Waals surface area contributed by atoms with Crippen molar-refractivity contribution in [2.75, 3.05) is 18.4 Å². The molecule has 0 saturated carbocycles. The van der Waals surface area contributed by atoms with E-state index in [2.05, 4.69) is 11.4 Å². The number of rotatable bonds is 7. The van der Waals surface area contributed by atoms with Crippen LogP contribution in [0, 0.1) is 17.2 Å². The molecule has 0 bridgehead atoms. The molecule has 0 aliphatic carbocycles. The lowest BCUT2D eigenvalue weighted by molar-refractivity contribution is -0.134. The van der Waals surface area contributed by atoms with Gasteiger partial charge in [0.15, 0.2) is 0 Å². The normalized spacial score (nSPS) is 14.7. The van der Waals surface area contributed by atoms with Gasteiger partial charge >= 0.3 is 0 Å². The molecule has 1 heterocycles. The number of aryl methyl sites for hydroxylation is 1. The van der Waals surface area contributed by atoms with Crippen LogP contribution in [0.4, 0.5) is 5.69 Å². The number of piperidine rings is 1. The maximum Gasteiger partial charge on any atom is 0.227 e. The van der Waals surface area contributed by atoms with E-state index in [1.54, 1.807) is 0 Å². The van der Waals surface area contributed by atoms with Crippen LogP contribution in [-0.4, -0.2) is 29.8 Å². The third-order valence-corrected chi connectivity index (χ3v) is 6.46. The number of hydrogen-bond donors (Lipinski definition) is 1. The second-order valence-corrected chi connectivity index (χ2v) is 8.72. The summed E-state index contributed by atoms with van der Waals surface area (Å²) < 4.78 is 0. The highest BCUT2D eigenvalue weighted by Crippen LogP contribution is 2.26. The van der Waals surface area contributed by atoms with Gasteiger partial charge in [0, 0.05) is 31.1 Å². The number of nitrogens with one attached hydrogen (secondary N) is 1. The Morgan fingerprint density at radius 3 is 2.09 bits per heavy atom. The molecule has 1 N–H and O–H groups in total. The zero-order valence-electron chi connectivity index (χ0n) is 19.2. The zero-order valence-corrected chi connectivity index (χ0v) is 19.2. The molecule has 5 nitrogen and oxygen atoms in total. The molecule has 1 atom stereocenters. The Morgan fingerprint density at radius 1 is 0.882 bits per heavy atom. The molecular formula is C29H29N3O2. The van der Waals surface area contributed by atoms with E-state index in [-0.39, 0.29) is 23.7 Å². The van der Waals surface area contributed by atoms with E-state index >= 15 is 0 Å². The van der Waals surface area contributed by atoms with Crippen LogP contribution < -0.4 is 5.32 Å². The predicted molar refractivity (Wildman–Crippen MR) is 133 cm³/mol. The lowest BCUT2D eigenvalue weighted by Gasteiger charge is -2.31. The van der Waals surface area contributed by atoms with Gasteiger partial charge in [-0.1, -0.05) is 72.8 Å². The van der Waals surface area contributed by atoms with Crippen LogP contribution in [0.2, 0.25) is 0 Å². The van der Waals surface area contributed by atoms with Gasteiger partial charge in [0.1, 0.15) is 0 Å². The predicted octanol–water partition coefficient (Wildman–Crippen LogP) is 5.15. The second kappa shape index (κ2) is 11.3. The number of likely N-dealkylation sites (tertiary alicyclic amines) is 1. The third-order valence-electron chi connectivity index (χ3n) is 6.46. The number of anilines is 1. The Labute approximate surface area is 201 Å². The summed E-state index contributed by atoms with van der Waals surface area (Å²) in [6.07, 6.45) is 2.59. The van der Waals surface area contributed by atoms with Crippen molar-refractivity contribution in [2.24, 2.45) is 5.92 Å². The molecule has 3 aromatic rings. The number of amides is 2. The van der Waals surface area contributed by atoms with Gasteiger partial charge in [-0.05, 0) is 48.1 Å². The van der Waals surface area contributed by atoms with Crippen LogP contribution in [0.1, 0.15) is 41.9 Å². The summed E-state index contributed by atoms with van der Waals surface area (Å²) >= 11 is 0. The molecule has 0 aromatic heterocycles. The molecule has 0 radical (unpaired) electrons. The molecule has 1 fully saturated rings. The molecule has 172 valence electrons. The van der Waals surface area contributed by atoms with Crippen molar-refractivity contribution in [3.05, 3.63) is 102 Å². The highest BCUT2D eigenvalue weighted by molar-refractivity contribution is 5.92. The van der Waals surface area contributed by atoms with Crippen LogP contribution in [-0.2, 0) is 16.0 Å². The molecule has 3 aromatic carbocycles. The third kappa shape index (κ3) is 5.90. The fourth-order valence-corrected chi connectivity index (χ4v) is 4.44. The topological polar surface area (TPSA) is 73.2 Å². The van der Waals surface area contributed by atoms with Gasteiger partial charge in [0.2, 0.25) is 11.8 Å². The van der Waals surface area contributed by atoms with Crippen molar-refractivity contribution >= 4 is 17.5 Å². The lowest BCUT2D eigenvalue weighted by Crippen LogP contribution is -2.41. The average molecular weight is 452 g/mol. The van der Waals surface area contributed by atoms with E-state index in [1.807, 2.05) is 89.8 Å². The van der Waals surface area contributed by atoms with Gasteiger partial charge in [-0.3, -0.25) is 9.59 Å². The minimum Gasteiger partial charge on any atom is -0.343 e. The van der Waals surface area contributed by atoms with Gasteiger partial charge in [-0.2, -0.15) is 5.26 Å². The fraction of sp³-hybridized carbons (Fsp3) is 0.276. The minimum absolute atomic E-state index is 0.0102. The Morgan fingerprint density at radius 2 is 1.47 bits per heavy atom. The number of hydrogen-bond acceptors (Lipinski definition) is 3. The first-order chi connectivity index (χ1) is 16.6. The summed E-state index contributed by atoms with van der Waals surface area (Å²) in [5.74, 6) is -0.295. The van der Waals surface area contributed by atoms with Gasteiger partial charge in [-0.15, -0.1) is 0 Å². The van der Waals surface area contributed by atoms with Crippen molar-refractivity contribution in [1.82, 2.24) is 4.90 Å². The maximum atomic E-state index is 12.8. The van der Waals surface area contributed by atoms with Crippen LogP contribution >= 0.6 is 0 Å². The highest BCUT2D eigenvalue weighted by Gasteiger charge is 2.27. The van der Waals surface area contributed by atoms with Crippen LogP contribution in [0.5, 0.6) is 0 Å².